The molecule has 5 heteroatoms. The fourth-order valence-corrected chi connectivity index (χ4v) is 3.17. The standard InChI is InChI=1S/C21H24N2O3/c1-3-16-8-10-17(11-9-16)20(24)22-12-14-23(15-13-22)21(25)18-6-4-5-7-19(18)26-2/h4-11H,3,12-15H2,1-2H3. The Kier molecular flexibility index (Phi) is 5.56. The molecule has 1 fully saturated rings. The van der Waals surface area contributed by atoms with Gasteiger partial charge in [-0.05, 0) is 36.2 Å². The minimum absolute atomic E-state index is 0.0250. The van der Waals surface area contributed by atoms with Crippen molar-refractivity contribution in [3.05, 3.63) is 65.2 Å². The molecule has 0 bridgehead atoms. The zero-order valence-electron chi connectivity index (χ0n) is 15.3. The molecule has 0 aromatic heterocycles. The van der Waals surface area contributed by atoms with E-state index in [4.69, 9.17) is 4.74 Å². The molecule has 2 aromatic carbocycles. The van der Waals surface area contributed by atoms with Crippen molar-refractivity contribution in [1.29, 1.82) is 0 Å². The van der Waals surface area contributed by atoms with Crippen LogP contribution in [0.2, 0.25) is 0 Å². The zero-order valence-corrected chi connectivity index (χ0v) is 15.3. The second-order valence-corrected chi connectivity index (χ2v) is 6.34. The lowest BCUT2D eigenvalue weighted by Crippen LogP contribution is -2.50. The summed E-state index contributed by atoms with van der Waals surface area (Å²) in [5.74, 6) is 0.547. The first-order valence-electron chi connectivity index (χ1n) is 8.94. The van der Waals surface area contributed by atoms with Crippen molar-refractivity contribution in [1.82, 2.24) is 9.80 Å². The van der Waals surface area contributed by atoms with E-state index >= 15 is 0 Å². The maximum absolute atomic E-state index is 12.7. The number of nitrogens with zero attached hydrogens (tertiary/aromatic N) is 2. The average molecular weight is 352 g/mol. The number of aryl methyl sites for hydroxylation is 1. The van der Waals surface area contributed by atoms with Gasteiger partial charge in [-0.15, -0.1) is 0 Å². The molecule has 136 valence electrons. The number of methoxy groups -OCH3 is 1. The number of ether oxygens (including phenoxy) is 1. The van der Waals surface area contributed by atoms with Gasteiger partial charge in [-0.2, -0.15) is 0 Å². The number of rotatable bonds is 4. The molecule has 0 saturated carbocycles. The summed E-state index contributed by atoms with van der Waals surface area (Å²) in [4.78, 5) is 29.0. The monoisotopic (exact) mass is 352 g/mol. The molecular weight excluding hydrogens is 328 g/mol. The number of carbonyl (C=O) groups is 2. The van der Waals surface area contributed by atoms with Crippen molar-refractivity contribution in [2.75, 3.05) is 33.3 Å². The number of amides is 2. The Morgan fingerprint density at radius 3 is 2.04 bits per heavy atom. The van der Waals surface area contributed by atoms with Gasteiger partial charge in [0.1, 0.15) is 5.75 Å². The lowest BCUT2D eigenvalue weighted by atomic mass is 10.1. The molecule has 0 radical (unpaired) electrons. The summed E-state index contributed by atoms with van der Waals surface area (Å²) in [5.41, 5.74) is 2.48. The Morgan fingerprint density at radius 1 is 0.885 bits per heavy atom. The minimum Gasteiger partial charge on any atom is -0.496 e. The van der Waals surface area contributed by atoms with Crippen LogP contribution in [0.15, 0.2) is 48.5 Å². The lowest BCUT2D eigenvalue weighted by molar-refractivity contribution is 0.0533. The maximum Gasteiger partial charge on any atom is 0.257 e. The predicted octanol–water partition coefficient (Wildman–Crippen LogP) is 2.86. The molecular formula is C21H24N2O3. The van der Waals surface area contributed by atoms with Crippen molar-refractivity contribution in [3.8, 4) is 5.75 Å². The van der Waals surface area contributed by atoms with Gasteiger partial charge in [0.2, 0.25) is 0 Å². The SMILES string of the molecule is CCc1ccc(C(=O)N2CCN(C(=O)c3ccccc3OC)CC2)cc1. The van der Waals surface area contributed by atoms with E-state index in [0.29, 0.717) is 43.1 Å². The first-order chi connectivity index (χ1) is 12.6. The Balaban J connectivity index is 1.63. The Hall–Kier alpha value is -2.82. The van der Waals surface area contributed by atoms with E-state index in [-0.39, 0.29) is 11.8 Å². The van der Waals surface area contributed by atoms with Gasteiger partial charge in [0.25, 0.3) is 11.8 Å². The first kappa shape index (κ1) is 18.0. The molecule has 1 aliphatic heterocycles. The van der Waals surface area contributed by atoms with Crippen molar-refractivity contribution in [2.45, 2.75) is 13.3 Å². The van der Waals surface area contributed by atoms with Gasteiger partial charge < -0.3 is 14.5 Å². The molecule has 0 aliphatic carbocycles. The van der Waals surface area contributed by atoms with E-state index in [1.54, 1.807) is 24.1 Å². The normalized spacial score (nSPS) is 14.2. The van der Waals surface area contributed by atoms with Crippen LogP contribution >= 0.6 is 0 Å². The van der Waals surface area contributed by atoms with Gasteiger partial charge >= 0.3 is 0 Å². The highest BCUT2D eigenvalue weighted by molar-refractivity contribution is 5.97. The molecule has 26 heavy (non-hydrogen) atoms. The predicted molar refractivity (Wildman–Crippen MR) is 101 cm³/mol. The van der Waals surface area contributed by atoms with Crippen LogP contribution in [0.5, 0.6) is 5.75 Å². The van der Waals surface area contributed by atoms with Crippen LogP contribution in [0, 0.1) is 0 Å². The summed E-state index contributed by atoms with van der Waals surface area (Å²) in [6.07, 6.45) is 0.957. The van der Waals surface area contributed by atoms with Crippen LogP contribution in [0.3, 0.4) is 0 Å². The summed E-state index contributed by atoms with van der Waals surface area (Å²) < 4.78 is 5.28. The molecule has 1 aliphatic rings. The quantitative estimate of drug-likeness (QED) is 0.850. The third kappa shape index (κ3) is 3.72. The molecule has 0 unspecified atom stereocenters. The number of hydrogen-bond acceptors (Lipinski definition) is 3. The summed E-state index contributed by atoms with van der Waals surface area (Å²) in [5, 5.41) is 0. The zero-order chi connectivity index (χ0) is 18.5. The highest BCUT2D eigenvalue weighted by atomic mass is 16.5. The number of hydrogen-bond donors (Lipinski definition) is 0. The summed E-state index contributed by atoms with van der Waals surface area (Å²) in [6.45, 7) is 4.21. The van der Waals surface area contributed by atoms with E-state index in [0.717, 1.165) is 6.42 Å². The molecule has 1 saturated heterocycles. The third-order valence-corrected chi connectivity index (χ3v) is 4.80. The van der Waals surface area contributed by atoms with Crippen molar-refractivity contribution < 1.29 is 14.3 Å². The molecule has 0 spiro atoms. The molecule has 0 N–H and O–H groups in total. The fraction of sp³-hybridized carbons (Fsp3) is 0.333. The van der Waals surface area contributed by atoms with Gasteiger partial charge in [-0.1, -0.05) is 31.2 Å². The van der Waals surface area contributed by atoms with Crippen molar-refractivity contribution >= 4 is 11.8 Å². The van der Waals surface area contributed by atoms with E-state index in [1.807, 2.05) is 41.3 Å². The van der Waals surface area contributed by atoms with Crippen LogP contribution in [0.25, 0.3) is 0 Å². The highest BCUT2D eigenvalue weighted by Gasteiger charge is 2.26. The average Bonchev–Trinajstić information content (AvgIpc) is 2.73. The van der Waals surface area contributed by atoms with Crippen molar-refractivity contribution in [3.63, 3.8) is 0 Å². The minimum atomic E-state index is -0.0538. The van der Waals surface area contributed by atoms with E-state index < -0.39 is 0 Å². The van der Waals surface area contributed by atoms with Gasteiger partial charge in [-0.3, -0.25) is 9.59 Å². The highest BCUT2D eigenvalue weighted by Crippen LogP contribution is 2.20. The largest absolute Gasteiger partial charge is 0.496 e. The Morgan fingerprint density at radius 2 is 1.46 bits per heavy atom. The van der Waals surface area contributed by atoms with Crippen LogP contribution < -0.4 is 4.74 Å². The molecule has 2 aromatic rings. The maximum atomic E-state index is 12.7. The summed E-state index contributed by atoms with van der Waals surface area (Å²) in [6, 6.07) is 15.0. The number of piperazine rings is 1. The van der Waals surface area contributed by atoms with Gasteiger partial charge in [0.05, 0.1) is 12.7 Å². The molecule has 5 nitrogen and oxygen atoms in total. The summed E-state index contributed by atoms with van der Waals surface area (Å²) >= 11 is 0. The Labute approximate surface area is 154 Å². The van der Waals surface area contributed by atoms with Crippen LogP contribution in [0.4, 0.5) is 0 Å². The topological polar surface area (TPSA) is 49.9 Å². The second-order valence-electron chi connectivity index (χ2n) is 6.34. The summed E-state index contributed by atoms with van der Waals surface area (Å²) in [7, 11) is 1.56. The van der Waals surface area contributed by atoms with Gasteiger partial charge in [-0.25, -0.2) is 0 Å². The first-order valence-corrected chi connectivity index (χ1v) is 8.94. The lowest BCUT2D eigenvalue weighted by Gasteiger charge is -2.35. The van der Waals surface area contributed by atoms with Crippen molar-refractivity contribution in [2.24, 2.45) is 0 Å². The second kappa shape index (κ2) is 8.04. The smallest absolute Gasteiger partial charge is 0.257 e. The molecule has 1 heterocycles. The van der Waals surface area contributed by atoms with E-state index in [2.05, 4.69) is 6.92 Å². The number of carbonyl (C=O) groups excluding carboxylic acids is 2. The molecule has 0 atom stereocenters. The molecule has 3 rings (SSSR count). The number of para-hydroxylation sites is 1. The van der Waals surface area contributed by atoms with Gasteiger partial charge in [0, 0.05) is 31.7 Å². The van der Waals surface area contributed by atoms with Gasteiger partial charge in [0.15, 0.2) is 0 Å². The van der Waals surface area contributed by atoms with Crippen LogP contribution in [0.1, 0.15) is 33.2 Å². The third-order valence-electron chi connectivity index (χ3n) is 4.80. The molecule has 2 amide bonds. The number of benzene rings is 2. The van der Waals surface area contributed by atoms with E-state index in [1.165, 1.54) is 5.56 Å². The van der Waals surface area contributed by atoms with Crippen LogP contribution in [-0.4, -0.2) is 54.9 Å². The fourth-order valence-electron chi connectivity index (χ4n) is 3.17. The van der Waals surface area contributed by atoms with E-state index in [9.17, 15) is 9.59 Å². The Bertz CT molecular complexity index is 778. The van der Waals surface area contributed by atoms with Crippen LogP contribution in [-0.2, 0) is 6.42 Å².